The van der Waals surface area contributed by atoms with Crippen LogP contribution in [0.3, 0.4) is 0 Å². The Kier molecular flexibility index (Phi) is 2.07. The van der Waals surface area contributed by atoms with Gasteiger partial charge in [-0.3, -0.25) is 0 Å². The molecule has 2 aromatic rings. The van der Waals surface area contributed by atoms with E-state index in [1.807, 2.05) is 18.2 Å². The standard InChI is InChI=1S/C11H10N2O/c12-11-7-8(5-6-13-11)9-3-1-2-4-10(9)14/h1-7,14H,(H2,12,13). The number of nitrogen functional groups attached to an aromatic ring is 1. The number of nitrogens with zero attached hydrogens (tertiary/aromatic N) is 1. The summed E-state index contributed by atoms with van der Waals surface area (Å²) in [7, 11) is 0. The number of aromatic hydroxyl groups is 1. The van der Waals surface area contributed by atoms with Crippen molar-refractivity contribution in [3.63, 3.8) is 0 Å². The average molecular weight is 186 g/mol. The van der Waals surface area contributed by atoms with Gasteiger partial charge in [0.1, 0.15) is 11.6 Å². The third-order valence-corrected chi connectivity index (χ3v) is 2.00. The lowest BCUT2D eigenvalue weighted by molar-refractivity contribution is 0.477. The maximum absolute atomic E-state index is 9.59. The normalized spacial score (nSPS) is 10.0. The summed E-state index contributed by atoms with van der Waals surface area (Å²) in [6.45, 7) is 0. The van der Waals surface area contributed by atoms with E-state index in [9.17, 15) is 5.11 Å². The second kappa shape index (κ2) is 3.38. The molecule has 0 radical (unpaired) electrons. The molecule has 70 valence electrons. The second-order valence-electron chi connectivity index (χ2n) is 2.99. The molecule has 1 aromatic carbocycles. The van der Waals surface area contributed by atoms with Crippen molar-refractivity contribution >= 4 is 5.82 Å². The zero-order valence-electron chi connectivity index (χ0n) is 7.51. The van der Waals surface area contributed by atoms with E-state index in [2.05, 4.69) is 4.98 Å². The molecule has 0 atom stereocenters. The van der Waals surface area contributed by atoms with E-state index >= 15 is 0 Å². The first-order chi connectivity index (χ1) is 6.77. The first-order valence-electron chi connectivity index (χ1n) is 4.27. The first kappa shape index (κ1) is 8.56. The summed E-state index contributed by atoms with van der Waals surface area (Å²) < 4.78 is 0. The molecule has 0 aliphatic carbocycles. The molecule has 0 fully saturated rings. The summed E-state index contributed by atoms with van der Waals surface area (Å²) in [6.07, 6.45) is 1.62. The molecular weight excluding hydrogens is 176 g/mol. The monoisotopic (exact) mass is 186 g/mol. The van der Waals surface area contributed by atoms with Gasteiger partial charge in [0.2, 0.25) is 0 Å². The molecule has 0 aliphatic rings. The van der Waals surface area contributed by atoms with Gasteiger partial charge in [-0.25, -0.2) is 4.98 Å². The smallest absolute Gasteiger partial charge is 0.123 e. The number of hydrogen-bond donors (Lipinski definition) is 2. The van der Waals surface area contributed by atoms with Gasteiger partial charge < -0.3 is 10.8 Å². The maximum Gasteiger partial charge on any atom is 0.123 e. The molecule has 0 saturated carbocycles. The van der Waals surface area contributed by atoms with Crippen molar-refractivity contribution in [2.24, 2.45) is 0 Å². The second-order valence-corrected chi connectivity index (χ2v) is 2.99. The van der Waals surface area contributed by atoms with Gasteiger partial charge in [-0.1, -0.05) is 18.2 Å². The fraction of sp³-hybridized carbons (Fsp3) is 0. The van der Waals surface area contributed by atoms with Crippen molar-refractivity contribution in [1.82, 2.24) is 4.98 Å². The van der Waals surface area contributed by atoms with Gasteiger partial charge in [-0.05, 0) is 23.8 Å². The van der Waals surface area contributed by atoms with Gasteiger partial charge >= 0.3 is 0 Å². The van der Waals surface area contributed by atoms with Gasteiger partial charge in [0, 0.05) is 11.8 Å². The van der Waals surface area contributed by atoms with Crippen LogP contribution in [-0.4, -0.2) is 10.1 Å². The van der Waals surface area contributed by atoms with Gasteiger partial charge in [-0.2, -0.15) is 0 Å². The Labute approximate surface area is 81.8 Å². The predicted molar refractivity (Wildman–Crippen MR) is 55.8 cm³/mol. The first-order valence-corrected chi connectivity index (χ1v) is 4.27. The number of anilines is 1. The zero-order chi connectivity index (χ0) is 9.97. The third kappa shape index (κ3) is 1.52. The van der Waals surface area contributed by atoms with Crippen molar-refractivity contribution in [2.45, 2.75) is 0 Å². The van der Waals surface area contributed by atoms with Crippen molar-refractivity contribution in [3.05, 3.63) is 42.6 Å². The van der Waals surface area contributed by atoms with E-state index in [0.29, 0.717) is 5.82 Å². The zero-order valence-corrected chi connectivity index (χ0v) is 7.51. The van der Waals surface area contributed by atoms with E-state index in [1.54, 1.807) is 24.4 Å². The quantitative estimate of drug-likeness (QED) is 0.716. The lowest BCUT2D eigenvalue weighted by Crippen LogP contribution is -1.89. The largest absolute Gasteiger partial charge is 0.507 e. The molecule has 0 saturated heterocycles. The number of para-hydroxylation sites is 1. The summed E-state index contributed by atoms with van der Waals surface area (Å²) in [5.41, 5.74) is 7.19. The highest BCUT2D eigenvalue weighted by molar-refractivity contribution is 5.71. The summed E-state index contributed by atoms with van der Waals surface area (Å²) in [5, 5.41) is 9.59. The minimum Gasteiger partial charge on any atom is -0.507 e. The van der Waals surface area contributed by atoms with Crippen LogP contribution in [0.25, 0.3) is 11.1 Å². The number of phenols is 1. The van der Waals surface area contributed by atoms with Crippen LogP contribution in [0.1, 0.15) is 0 Å². The molecule has 14 heavy (non-hydrogen) atoms. The van der Waals surface area contributed by atoms with Gasteiger partial charge in [0.25, 0.3) is 0 Å². The Hall–Kier alpha value is -2.03. The molecule has 2 rings (SSSR count). The predicted octanol–water partition coefficient (Wildman–Crippen LogP) is 2.04. The lowest BCUT2D eigenvalue weighted by atomic mass is 10.1. The van der Waals surface area contributed by atoms with Gasteiger partial charge in [0.15, 0.2) is 0 Å². The molecular formula is C11H10N2O. The van der Waals surface area contributed by atoms with Crippen LogP contribution >= 0.6 is 0 Å². The Morgan fingerprint density at radius 3 is 2.64 bits per heavy atom. The highest BCUT2D eigenvalue weighted by Crippen LogP contribution is 2.28. The molecule has 3 N–H and O–H groups in total. The SMILES string of the molecule is Nc1cc(-c2ccccc2O)ccn1. The van der Waals surface area contributed by atoms with E-state index in [-0.39, 0.29) is 5.75 Å². The molecule has 0 unspecified atom stereocenters. The fourth-order valence-corrected chi connectivity index (χ4v) is 1.33. The number of pyridine rings is 1. The molecule has 1 heterocycles. The number of benzene rings is 1. The summed E-state index contributed by atoms with van der Waals surface area (Å²) in [4.78, 5) is 3.89. The Bertz CT molecular complexity index is 455. The highest BCUT2D eigenvalue weighted by Gasteiger charge is 2.02. The molecule has 1 aromatic heterocycles. The van der Waals surface area contributed by atoms with Gasteiger partial charge in [-0.15, -0.1) is 0 Å². The van der Waals surface area contributed by atoms with E-state index in [0.717, 1.165) is 11.1 Å². The molecule has 0 amide bonds. The van der Waals surface area contributed by atoms with Crippen LogP contribution in [-0.2, 0) is 0 Å². The average Bonchev–Trinajstić information content (AvgIpc) is 2.18. The maximum atomic E-state index is 9.59. The summed E-state index contributed by atoms with van der Waals surface area (Å²) >= 11 is 0. The fourth-order valence-electron chi connectivity index (χ4n) is 1.33. The number of nitrogens with two attached hydrogens (primary N) is 1. The van der Waals surface area contributed by atoms with Crippen LogP contribution < -0.4 is 5.73 Å². The highest BCUT2D eigenvalue weighted by atomic mass is 16.3. The molecule has 3 nitrogen and oxygen atoms in total. The lowest BCUT2D eigenvalue weighted by Gasteiger charge is -2.04. The van der Waals surface area contributed by atoms with Crippen LogP contribution in [0.2, 0.25) is 0 Å². The van der Waals surface area contributed by atoms with Crippen molar-refractivity contribution in [1.29, 1.82) is 0 Å². The number of phenolic OH excluding ortho intramolecular Hbond substituents is 1. The van der Waals surface area contributed by atoms with E-state index in [1.165, 1.54) is 0 Å². The van der Waals surface area contributed by atoms with Crippen LogP contribution in [0.4, 0.5) is 5.82 Å². The molecule has 0 bridgehead atoms. The number of hydrogen-bond acceptors (Lipinski definition) is 3. The molecule has 0 spiro atoms. The topological polar surface area (TPSA) is 59.1 Å². The Morgan fingerprint density at radius 2 is 1.93 bits per heavy atom. The third-order valence-electron chi connectivity index (χ3n) is 2.00. The van der Waals surface area contributed by atoms with Crippen LogP contribution in [0.5, 0.6) is 5.75 Å². The summed E-state index contributed by atoms with van der Waals surface area (Å²) in [6, 6.07) is 10.7. The van der Waals surface area contributed by atoms with E-state index in [4.69, 9.17) is 5.73 Å². The molecule has 3 heteroatoms. The number of rotatable bonds is 1. The Morgan fingerprint density at radius 1 is 1.14 bits per heavy atom. The number of aromatic nitrogens is 1. The van der Waals surface area contributed by atoms with Gasteiger partial charge in [0.05, 0.1) is 0 Å². The summed E-state index contributed by atoms with van der Waals surface area (Å²) in [5.74, 6) is 0.698. The van der Waals surface area contributed by atoms with E-state index < -0.39 is 0 Å². The minimum absolute atomic E-state index is 0.248. The van der Waals surface area contributed by atoms with Crippen molar-refractivity contribution < 1.29 is 5.11 Å². The van der Waals surface area contributed by atoms with Crippen molar-refractivity contribution in [2.75, 3.05) is 5.73 Å². The minimum atomic E-state index is 0.248. The Balaban J connectivity index is 2.55. The molecule has 0 aliphatic heterocycles. The van der Waals surface area contributed by atoms with Crippen LogP contribution in [0, 0.1) is 0 Å². The van der Waals surface area contributed by atoms with Crippen molar-refractivity contribution in [3.8, 4) is 16.9 Å². The van der Waals surface area contributed by atoms with Crippen LogP contribution in [0.15, 0.2) is 42.6 Å².